The smallest absolute Gasteiger partial charge is 0.338 e. The van der Waals surface area contributed by atoms with Crippen LogP contribution in [0.1, 0.15) is 34.5 Å². The average molecular weight is 327 g/mol. The van der Waals surface area contributed by atoms with Gasteiger partial charge in [-0.3, -0.25) is 4.79 Å². The minimum atomic E-state index is -0.512. The maximum Gasteiger partial charge on any atom is 0.338 e. The van der Waals surface area contributed by atoms with Gasteiger partial charge in [0.2, 0.25) is 0 Å². The molecule has 0 fully saturated rings. The van der Waals surface area contributed by atoms with Crippen molar-refractivity contribution in [2.45, 2.75) is 19.9 Å². The number of aryl methyl sites for hydroxylation is 1. The van der Waals surface area contributed by atoms with Crippen LogP contribution in [0.25, 0.3) is 0 Å². The first-order valence-electron chi connectivity index (χ1n) is 7.66. The third-order valence-electron chi connectivity index (χ3n) is 3.61. The molecule has 1 atom stereocenters. The van der Waals surface area contributed by atoms with Crippen LogP contribution in [0.2, 0.25) is 0 Å². The molecule has 0 radical (unpaired) electrons. The van der Waals surface area contributed by atoms with Crippen molar-refractivity contribution in [3.63, 3.8) is 0 Å². The molecule has 2 aromatic rings. The van der Waals surface area contributed by atoms with Crippen LogP contribution >= 0.6 is 0 Å². The van der Waals surface area contributed by atoms with E-state index in [1.807, 2.05) is 50.2 Å². The molecule has 1 unspecified atom stereocenters. The molecular weight excluding hydrogens is 306 g/mol. The monoisotopic (exact) mass is 327 g/mol. The normalized spacial score (nSPS) is 11.5. The summed E-state index contributed by atoms with van der Waals surface area (Å²) < 4.78 is 10.1. The Bertz CT molecular complexity index is 692. The molecule has 126 valence electrons. The number of hydrogen-bond donors (Lipinski definition) is 1. The number of rotatable bonds is 6. The zero-order chi connectivity index (χ0) is 17.5. The van der Waals surface area contributed by atoms with Gasteiger partial charge in [-0.25, -0.2) is 4.79 Å². The predicted octanol–water partition coefficient (Wildman–Crippen LogP) is 3.04. The fourth-order valence-corrected chi connectivity index (χ4v) is 2.16. The highest BCUT2D eigenvalue weighted by atomic mass is 16.5. The molecule has 0 saturated heterocycles. The maximum atomic E-state index is 11.9. The zero-order valence-corrected chi connectivity index (χ0v) is 14.0. The molecule has 24 heavy (non-hydrogen) atoms. The van der Waals surface area contributed by atoms with Crippen LogP contribution in [0.5, 0.6) is 5.75 Å². The molecule has 0 heterocycles. The van der Waals surface area contributed by atoms with Crippen LogP contribution < -0.4 is 10.1 Å². The first-order chi connectivity index (χ1) is 11.5. The lowest BCUT2D eigenvalue weighted by Gasteiger charge is -2.15. The van der Waals surface area contributed by atoms with Crippen molar-refractivity contribution in [3.05, 3.63) is 65.2 Å². The van der Waals surface area contributed by atoms with Crippen molar-refractivity contribution >= 4 is 11.9 Å². The summed E-state index contributed by atoms with van der Waals surface area (Å²) in [5.74, 6) is -0.106. The molecule has 2 rings (SSSR count). The van der Waals surface area contributed by atoms with Crippen LogP contribution in [0.4, 0.5) is 0 Å². The lowest BCUT2D eigenvalue weighted by molar-refractivity contribution is -0.124. The van der Waals surface area contributed by atoms with Gasteiger partial charge in [-0.05, 0) is 43.7 Å². The van der Waals surface area contributed by atoms with Crippen molar-refractivity contribution in [3.8, 4) is 5.75 Å². The van der Waals surface area contributed by atoms with Gasteiger partial charge in [-0.1, -0.05) is 29.8 Å². The molecule has 1 N–H and O–H groups in total. The second-order valence-corrected chi connectivity index (χ2v) is 5.50. The minimum Gasteiger partial charge on any atom is -0.497 e. The Hall–Kier alpha value is -2.82. The molecule has 0 aliphatic heterocycles. The highest BCUT2D eigenvalue weighted by Gasteiger charge is 2.13. The highest BCUT2D eigenvalue weighted by Crippen LogP contribution is 2.17. The van der Waals surface area contributed by atoms with Gasteiger partial charge in [0, 0.05) is 0 Å². The van der Waals surface area contributed by atoms with Crippen LogP contribution in [-0.2, 0) is 9.53 Å². The number of carbonyl (C=O) groups is 2. The van der Waals surface area contributed by atoms with Crippen LogP contribution in [0.3, 0.4) is 0 Å². The summed E-state index contributed by atoms with van der Waals surface area (Å²) >= 11 is 0. The van der Waals surface area contributed by atoms with Gasteiger partial charge >= 0.3 is 5.97 Å². The van der Waals surface area contributed by atoms with E-state index in [1.165, 1.54) is 0 Å². The van der Waals surface area contributed by atoms with Gasteiger partial charge in [0.05, 0.1) is 18.7 Å². The third kappa shape index (κ3) is 4.84. The predicted molar refractivity (Wildman–Crippen MR) is 91.0 cm³/mol. The van der Waals surface area contributed by atoms with Gasteiger partial charge in [0.15, 0.2) is 6.61 Å². The Kier molecular flexibility index (Phi) is 5.95. The molecule has 0 aromatic heterocycles. The van der Waals surface area contributed by atoms with E-state index in [1.54, 1.807) is 19.2 Å². The molecule has 2 aromatic carbocycles. The molecule has 0 saturated carbocycles. The van der Waals surface area contributed by atoms with Crippen molar-refractivity contribution in [1.82, 2.24) is 5.32 Å². The lowest BCUT2D eigenvalue weighted by Crippen LogP contribution is -2.31. The summed E-state index contributed by atoms with van der Waals surface area (Å²) in [7, 11) is 1.60. The summed E-state index contributed by atoms with van der Waals surface area (Å²) in [5.41, 5.74) is 2.42. The standard InChI is InChI=1S/C19H21NO4/c1-13-4-6-16(7-5-13)19(22)24-12-18(21)20-14(2)15-8-10-17(23-3)11-9-15/h4-11,14H,12H2,1-3H3,(H,20,21). The number of nitrogens with one attached hydrogen (secondary N) is 1. The summed E-state index contributed by atoms with van der Waals surface area (Å²) in [5, 5.41) is 2.79. The summed E-state index contributed by atoms with van der Waals surface area (Å²) in [6.45, 7) is 3.48. The summed E-state index contributed by atoms with van der Waals surface area (Å²) in [4.78, 5) is 23.8. The number of methoxy groups -OCH3 is 1. The van der Waals surface area contributed by atoms with Gasteiger partial charge in [-0.2, -0.15) is 0 Å². The number of hydrogen-bond acceptors (Lipinski definition) is 4. The second-order valence-electron chi connectivity index (χ2n) is 5.50. The summed E-state index contributed by atoms with van der Waals surface area (Å²) in [6.07, 6.45) is 0. The quantitative estimate of drug-likeness (QED) is 0.828. The molecule has 0 aliphatic carbocycles. The third-order valence-corrected chi connectivity index (χ3v) is 3.61. The van der Waals surface area contributed by atoms with Gasteiger partial charge in [-0.15, -0.1) is 0 Å². The van der Waals surface area contributed by atoms with Gasteiger partial charge in [0.25, 0.3) is 5.91 Å². The topological polar surface area (TPSA) is 64.6 Å². The first kappa shape index (κ1) is 17.5. The number of ether oxygens (including phenoxy) is 2. The Morgan fingerprint density at radius 2 is 1.67 bits per heavy atom. The Labute approximate surface area is 141 Å². The van der Waals surface area contributed by atoms with Crippen LogP contribution in [0, 0.1) is 6.92 Å². The van der Waals surface area contributed by atoms with Gasteiger partial charge in [0.1, 0.15) is 5.75 Å². The maximum absolute atomic E-state index is 11.9. The molecule has 0 spiro atoms. The Morgan fingerprint density at radius 1 is 1.04 bits per heavy atom. The van der Waals surface area contributed by atoms with E-state index in [9.17, 15) is 9.59 Å². The number of esters is 1. The van der Waals surface area contributed by atoms with E-state index in [2.05, 4.69) is 5.32 Å². The SMILES string of the molecule is COc1ccc(C(C)NC(=O)COC(=O)c2ccc(C)cc2)cc1. The first-order valence-corrected chi connectivity index (χ1v) is 7.66. The molecule has 5 heteroatoms. The number of benzene rings is 2. The minimum absolute atomic E-state index is 0.193. The van der Waals surface area contributed by atoms with E-state index >= 15 is 0 Å². The molecule has 0 aliphatic rings. The zero-order valence-electron chi connectivity index (χ0n) is 14.0. The van der Waals surface area contributed by atoms with E-state index < -0.39 is 5.97 Å². The van der Waals surface area contributed by atoms with E-state index in [0.717, 1.165) is 16.9 Å². The fraction of sp³-hybridized carbons (Fsp3) is 0.263. The lowest BCUT2D eigenvalue weighted by atomic mass is 10.1. The molecule has 5 nitrogen and oxygen atoms in total. The Balaban J connectivity index is 1.83. The number of amides is 1. The van der Waals surface area contributed by atoms with Crippen molar-refractivity contribution in [2.75, 3.05) is 13.7 Å². The van der Waals surface area contributed by atoms with Crippen LogP contribution in [-0.4, -0.2) is 25.6 Å². The number of carbonyl (C=O) groups excluding carboxylic acids is 2. The van der Waals surface area contributed by atoms with Crippen molar-refractivity contribution in [2.24, 2.45) is 0 Å². The summed E-state index contributed by atoms with van der Waals surface area (Å²) in [6, 6.07) is 14.2. The average Bonchev–Trinajstić information content (AvgIpc) is 2.60. The second kappa shape index (κ2) is 8.15. The van der Waals surface area contributed by atoms with Crippen LogP contribution in [0.15, 0.2) is 48.5 Å². The molecular formula is C19H21NO4. The molecule has 1 amide bonds. The largest absolute Gasteiger partial charge is 0.497 e. The van der Waals surface area contributed by atoms with Crippen molar-refractivity contribution in [1.29, 1.82) is 0 Å². The van der Waals surface area contributed by atoms with E-state index in [4.69, 9.17) is 9.47 Å². The highest BCUT2D eigenvalue weighted by molar-refractivity contribution is 5.91. The van der Waals surface area contributed by atoms with E-state index in [-0.39, 0.29) is 18.6 Å². The van der Waals surface area contributed by atoms with E-state index in [0.29, 0.717) is 5.56 Å². The fourth-order valence-electron chi connectivity index (χ4n) is 2.16. The van der Waals surface area contributed by atoms with Crippen molar-refractivity contribution < 1.29 is 19.1 Å². The molecule has 0 bridgehead atoms. The Morgan fingerprint density at radius 3 is 2.25 bits per heavy atom. The van der Waals surface area contributed by atoms with Gasteiger partial charge < -0.3 is 14.8 Å².